The highest BCUT2D eigenvalue weighted by molar-refractivity contribution is 5.74. The molecule has 1 heterocycles. The molecule has 1 aliphatic rings. The third-order valence-electron chi connectivity index (χ3n) is 4.09. The first-order valence-corrected chi connectivity index (χ1v) is 7.75. The zero-order valence-corrected chi connectivity index (χ0v) is 12.4. The molecule has 0 N–H and O–H groups in total. The van der Waals surface area contributed by atoms with Crippen LogP contribution < -0.4 is 4.74 Å². The molecule has 1 aliphatic heterocycles. The summed E-state index contributed by atoms with van der Waals surface area (Å²) < 4.78 is 5.72. The van der Waals surface area contributed by atoms with Crippen molar-refractivity contribution < 1.29 is 9.53 Å². The van der Waals surface area contributed by atoms with E-state index in [0.29, 0.717) is 5.56 Å². The van der Waals surface area contributed by atoms with Gasteiger partial charge in [0.1, 0.15) is 12.0 Å². The predicted octanol–water partition coefficient (Wildman–Crippen LogP) is 3.53. The summed E-state index contributed by atoms with van der Waals surface area (Å²) in [6.07, 6.45) is 7.24. The summed E-state index contributed by atoms with van der Waals surface area (Å²) >= 11 is 0. The maximum atomic E-state index is 10.6. The number of piperidine rings is 1. The van der Waals surface area contributed by atoms with Crippen LogP contribution in [0.4, 0.5) is 0 Å². The third kappa shape index (κ3) is 4.34. The van der Waals surface area contributed by atoms with E-state index < -0.39 is 0 Å². The van der Waals surface area contributed by atoms with Crippen molar-refractivity contribution in [3.05, 3.63) is 29.8 Å². The molecule has 20 heavy (non-hydrogen) atoms. The van der Waals surface area contributed by atoms with Gasteiger partial charge in [-0.3, -0.25) is 4.79 Å². The average Bonchev–Trinajstić information content (AvgIpc) is 2.52. The molecule has 3 nitrogen and oxygen atoms in total. The van der Waals surface area contributed by atoms with Crippen LogP contribution in [0, 0.1) is 0 Å². The molecule has 3 heteroatoms. The molecule has 1 aromatic rings. The Morgan fingerprint density at radius 3 is 2.80 bits per heavy atom. The van der Waals surface area contributed by atoms with Gasteiger partial charge in [0.05, 0.1) is 6.61 Å². The molecule has 0 spiro atoms. The number of carbonyl (C=O) groups is 1. The third-order valence-corrected chi connectivity index (χ3v) is 4.09. The molecule has 2 rings (SSSR count). The molecule has 0 unspecified atom stereocenters. The molecule has 0 saturated carbocycles. The van der Waals surface area contributed by atoms with Crippen molar-refractivity contribution in [1.82, 2.24) is 4.90 Å². The van der Waals surface area contributed by atoms with Gasteiger partial charge in [-0.1, -0.05) is 13.3 Å². The number of aldehydes is 1. The fraction of sp³-hybridized carbons (Fsp3) is 0.588. The quantitative estimate of drug-likeness (QED) is 0.563. The highest BCUT2D eigenvalue weighted by Gasteiger charge is 2.19. The summed E-state index contributed by atoms with van der Waals surface area (Å²) in [5, 5.41) is 0. The van der Waals surface area contributed by atoms with Gasteiger partial charge in [-0.25, -0.2) is 0 Å². The summed E-state index contributed by atoms with van der Waals surface area (Å²) in [4.78, 5) is 13.2. The Balaban J connectivity index is 1.68. The SMILES string of the molecule is CC[C@H]1CCCCN1CCCOc1ccc(C=O)cc1. The Morgan fingerprint density at radius 1 is 1.30 bits per heavy atom. The number of carbonyl (C=O) groups excluding carboxylic acids is 1. The van der Waals surface area contributed by atoms with Crippen molar-refractivity contribution in [3.63, 3.8) is 0 Å². The molecule has 110 valence electrons. The fourth-order valence-electron chi connectivity index (χ4n) is 2.92. The lowest BCUT2D eigenvalue weighted by molar-refractivity contribution is 0.112. The van der Waals surface area contributed by atoms with Gasteiger partial charge in [0, 0.05) is 18.2 Å². The smallest absolute Gasteiger partial charge is 0.150 e. The Morgan fingerprint density at radius 2 is 2.10 bits per heavy atom. The van der Waals surface area contributed by atoms with Gasteiger partial charge in [-0.05, 0) is 56.5 Å². The van der Waals surface area contributed by atoms with Gasteiger partial charge in [0.25, 0.3) is 0 Å². The molecular formula is C17H25NO2. The lowest BCUT2D eigenvalue weighted by Crippen LogP contribution is -2.40. The number of benzene rings is 1. The largest absolute Gasteiger partial charge is 0.494 e. The Kier molecular flexibility index (Phi) is 6.06. The second-order valence-corrected chi connectivity index (χ2v) is 5.48. The molecule has 0 amide bonds. The lowest BCUT2D eigenvalue weighted by atomic mass is 10.00. The number of nitrogens with zero attached hydrogens (tertiary/aromatic N) is 1. The van der Waals surface area contributed by atoms with Crippen LogP contribution in [-0.2, 0) is 0 Å². The summed E-state index contributed by atoms with van der Waals surface area (Å²) in [6, 6.07) is 8.08. The van der Waals surface area contributed by atoms with Gasteiger partial charge < -0.3 is 9.64 Å². The minimum atomic E-state index is 0.691. The molecule has 1 fully saturated rings. The van der Waals surface area contributed by atoms with Gasteiger partial charge in [0.2, 0.25) is 0 Å². The highest BCUT2D eigenvalue weighted by atomic mass is 16.5. The second-order valence-electron chi connectivity index (χ2n) is 5.48. The predicted molar refractivity (Wildman–Crippen MR) is 81.4 cm³/mol. The van der Waals surface area contributed by atoms with Crippen LogP contribution in [0.15, 0.2) is 24.3 Å². The lowest BCUT2D eigenvalue weighted by Gasteiger charge is -2.35. The topological polar surface area (TPSA) is 29.5 Å². The van der Waals surface area contributed by atoms with E-state index in [9.17, 15) is 4.79 Å². The summed E-state index contributed by atoms with van der Waals surface area (Å²) in [6.45, 7) is 5.40. The maximum Gasteiger partial charge on any atom is 0.150 e. The van der Waals surface area contributed by atoms with Gasteiger partial charge >= 0.3 is 0 Å². The van der Waals surface area contributed by atoms with Crippen LogP contribution in [0.2, 0.25) is 0 Å². The number of likely N-dealkylation sites (tertiary alicyclic amines) is 1. The van der Waals surface area contributed by atoms with E-state index in [2.05, 4.69) is 11.8 Å². The highest BCUT2D eigenvalue weighted by Crippen LogP contribution is 2.19. The fourth-order valence-corrected chi connectivity index (χ4v) is 2.92. The molecule has 1 atom stereocenters. The first kappa shape index (κ1) is 15.0. The standard InChI is InChI=1S/C17H25NO2/c1-2-16-6-3-4-11-18(16)12-5-13-20-17-9-7-15(14-19)8-10-17/h7-10,14,16H,2-6,11-13H2,1H3/t16-/m0/s1. The number of hydrogen-bond acceptors (Lipinski definition) is 3. The molecule has 0 radical (unpaired) electrons. The Labute approximate surface area is 121 Å². The van der Waals surface area contributed by atoms with Crippen LogP contribution in [0.5, 0.6) is 5.75 Å². The maximum absolute atomic E-state index is 10.6. The number of hydrogen-bond donors (Lipinski definition) is 0. The average molecular weight is 275 g/mol. The monoisotopic (exact) mass is 275 g/mol. The normalized spacial score (nSPS) is 19.8. The van der Waals surface area contributed by atoms with E-state index in [-0.39, 0.29) is 0 Å². The van der Waals surface area contributed by atoms with E-state index in [0.717, 1.165) is 37.6 Å². The van der Waals surface area contributed by atoms with Crippen LogP contribution in [0.1, 0.15) is 49.4 Å². The molecule has 0 bridgehead atoms. The minimum absolute atomic E-state index is 0.691. The molecule has 1 saturated heterocycles. The summed E-state index contributed by atoms with van der Waals surface area (Å²) in [7, 11) is 0. The second kappa shape index (κ2) is 8.05. The van der Waals surface area contributed by atoms with Crippen LogP contribution in [0.25, 0.3) is 0 Å². The van der Waals surface area contributed by atoms with Crippen molar-refractivity contribution in [2.45, 2.75) is 45.1 Å². The molecule has 1 aromatic carbocycles. The summed E-state index contributed by atoms with van der Waals surface area (Å²) in [5.74, 6) is 0.848. The van der Waals surface area contributed by atoms with E-state index in [1.54, 1.807) is 12.1 Å². The summed E-state index contributed by atoms with van der Waals surface area (Å²) in [5.41, 5.74) is 0.691. The molecule has 0 aromatic heterocycles. The van der Waals surface area contributed by atoms with E-state index >= 15 is 0 Å². The Hall–Kier alpha value is -1.35. The molecular weight excluding hydrogens is 250 g/mol. The van der Waals surface area contributed by atoms with Crippen molar-refractivity contribution in [2.75, 3.05) is 19.7 Å². The molecule has 0 aliphatic carbocycles. The zero-order valence-electron chi connectivity index (χ0n) is 12.4. The first-order valence-electron chi connectivity index (χ1n) is 7.75. The number of ether oxygens (including phenoxy) is 1. The van der Waals surface area contributed by atoms with Gasteiger partial charge in [0.15, 0.2) is 0 Å². The first-order chi connectivity index (χ1) is 9.83. The minimum Gasteiger partial charge on any atom is -0.494 e. The van der Waals surface area contributed by atoms with E-state index in [1.807, 2.05) is 12.1 Å². The van der Waals surface area contributed by atoms with E-state index in [4.69, 9.17) is 4.74 Å². The number of rotatable bonds is 7. The van der Waals surface area contributed by atoms with Crippen LogP contribution in [0.3, 0.4) is 0 Å². The van der Waals surface area contributed by atoms with Crippen molar-refractivity contribution in [2.24, 2.45) is 0 Å². The van der Waals surface area contributed by atoms with Crippen molar-refractivity contribution >= 4 is 6.29 Å². The van der Waals surface area contributed by atoms with Crippen LogP contribution in [-0.4, -0.2) is 36.9 Å². The Bertz CT molecular complexity index is 402. The van der Waals surface area contributed by atoms with E-state index in [1.165, 1.54) is 32.2 Å². The van der Waals surface area contributed by atoms with Gasteiger partial charge in [-0.2, -0.15) is 0 Å². The van der Waals surface area contributed by atoms with Crippen molar-refractivity contribution in [1.29, 1.82) is 0 Å². The van der Waals surface area contributed by atoms with Crippen molar-refractivity contribution in [3.8, 4) is 5.75 Å². The van der Waals surface area contributed by atoms with Gasteiger partial charge in [-0.15, -0.1) is 0 Å². The van der Waals surface area contributed by atoms with Crippen LogP contribution >= 0.6 is 0 Å². The zero-order chi connectivity index (χ0) is 14.2.